The van der Waals surface area contributed by atoms with Crippen LogP contribution in [0.2, 0.25) is 0 Å². The number of carboxylic acids is 1. The van der Waals surface area contributed by atoms with Gasteiger partial charge in [0.25, 0.3) is 5.69 Å². The molecule has 2 aromatic carbocycles. The Morgan fingerprint density at radius 3 is 2.58 bits per heavy atom. The van der Waals surface area contributed by atoms with Crippen molar-refractivity contribution in [2.45, 2.75) is 12.5 Å². The summed E-state index contributed by atoms with van der Waals surface area (Å²) in [4.78, 5) is 24.3. The summed E-state index contributed by atoms with van der Waals surface area (Å²) in [5.41, 5.74) is 1.84. The second kappa shape index (κ2) is 6.80. The number of aliphatic carboxylic acids is 1. The van der Waals surface area contributed by atoms with E-state index in [0.717, 1.165) is 5.56 Å². The van der Waals surface area contributed by atoms with Crippen LogP contribution in [0.5, 0.6) is 0 Å². The van der Waals surface area contributed by atoms with Gasteiger partial charge in [0.05, 0.1) is 10.8 Å². The molecular weight excluding hydrogens is 308 g/mol. The Labute approximate surface area is 139 Å². The lowest BCUT2D eigenvalue weighted by molar-refractivity contribution is -0.384. The highest BCUT2D eigenvalue weighted by Gasteiger charge is 2.38. The maximum Gasteiger partial charge on any atom is 0.308 e. The molecule has 3 rings (SSSR count). The first-order chi connectivity index (χ1) is 11.5. The lowest BCUT2D eigenvalue weighted by atomic mass is 9.89. The van der Waals surface area contributed by atoms with Gasteiger partial charge in [-0.3, -0.25) is 19.8 Å². The zero-order valence-electron chi connectivity index (χ0n) is 13.0. The van der Waals surface area contributed by atoms with E-state index < -0.39 is 16.8 Å². The first kappa shape index (κ1) is 16.1. The van der Waals surface area contributed by atoms with Gasteiger partial charge in [-0.25, -0.2) is 0 Å². The summed E-state index contributed by atoms with van der Waals surface area (Å²) in [6.45, 7) is 1.70. The van der Waals surface area contributed by atoms with Crippen LogP contribution in [0.3, 0.4) is 0 Å². The fourth-order valence-corrected chi connectivity index (χ4v) is 3.31. The third-order valence-electron chi connectivity index (χ3n) is 4.47. The van der Waals surface area contributed by atoms with E-state index in [2.05, 4.69) is 4.90 Å². The molecule has 2 aromatic rings. The van der Waals surface area contributed by atoms with Crippen LogP contribution < -0.4 is 0 Å². The number of carbonyl (C=O) groups is 1. The number of carboxylic acid groups (broad SMARTS) is 1. The lowest BCUT2D eigenvalue weighted by Crippen LogP contribution is -2.23. The fourth-order valence-electron chi connectivity index (χ4n) is 3.31. The average molecular weight is 326 g/mol. The molecule has 0 aromatic heterocycles. The van der Waals surface area contributed by atoms with Gasteiger partial charge in [-0.05, 0) is 11.1 Å². The molecule has 1 saturated heterocycles. The molecule has 0 bridgehead atoms. The summed E-state index contributed by atoms with van der Waals surface area (Å²) in [6.07, 6.45) is 0. The van der Waals surface area contributed by atoms with Crippen molar-refractivity contribution in [1.82, 2.24) is 4.90 Å². The highest BCUT2D eigenvalue weighted by Crippen LogP contribution is 2.35. The van der Waals surface area contributed by atoms with Gasteiger partial charge in [-0.15, -0.1) is 0 Å². The van der Waals surface area contributed by atoms with Gasteiger partial charge >= 0.3 is 5.97 Å². The maximum atomic E-state index is 11.6. The predicted molar refractivity (Wildman–Crippen MR) is 88.7 cm³/mol. The molecule has 0 amide bonds. The van der Waals surface area contributed by atoms with Gasteiger partial charge in [0.15, 0.2) is 0 Å². The van der Waals surface area contributed by atoms with Crippen LogP contribution in [0.25, 0.3) is 0 Å². The van der Waals surface area contributed by atoms with Crippen LogP contribution in [0.1, 0.15) is 17.0 Å². The monoisotopic (exact) mass is 326 g/mol. The molecule has 1 N–H and O–H groups in total. The second-order valence-corrected chi connectivity index (χ2v) is 6.08. The van der Waals surface area contributed by atoms with Gasteiger partial charge in [0, 0.05) is 37.7 Å². The number of benzene rings is 2. The van der Waals surface area contributed by atoms with Crippen molar-refractivity contribution < 1.29 is 14.8 Å². The number of non-ortho nitro benzene ring substituents is 1. The third-order valence-corrected chi connectivity index (χ3v) is 4.47. The van der Waals surface area contributed by atoms with Gasteiger partial charge in [-0.2, -0.15) is 0 Å². The number of nitro groups is 1. The molecule has 0 aliphatic carbocycles. The molecule has 124 valence electrons. The van der Waals surface area contributed by atoms with Crippen LogP contribution in [0.4, 0.5) is 5.69 Å². The van der Waals surface area contributed by atoms with E-state index in [-0.39, 0.29) is 11.6 Å². The zero-order chi connectivity index (χ0) is 17.1. The normalized spacial score (nSPS) is 20.8. The molecular formula is C18H18N2O4. The molecule has 0 unspecified atom stereocenters. The van der Waals surface area contributed by atoms with Crippen LogP contribution in [-0.4, -0.2) is 34.0 Å². The minimum Gasteiger partial charge on any atom is -0.481 e. The van der Waals surface area contributed by atoms with Gasteiger partial charge in [0.1, 0.15) is 0 Å². The fraction of sp³-hybridized carbons (Fsp3) is 0.278. The Morgan fingerprint density at radius 1 is 1.17 bits per heavy atom. The number of nitro benzene ring substituents is 1. The van der Waals surface area contributed by atoms with E-state index in [1.807, 2.05) is 30.3 Å². The van der Waals surface area contributed by atoms with Gasteiger partial charge < -0.3 is 5.11 Å². The van der Waals surface area contributed by atoms with Crippen LogP contribution in [-0.2, 0) is 11.3 Å². The van der Waals surface area contributed by atoms with E-state index in [1.165, 1.54) is 12.1 Å². The van der Waals surface area contributed by atoms with Crippen LogP contribution >= 0.6 is 0 Å². The van der Waals surface area contributed by atoms with Crippen LogP contribution in [0, 0.1) is 16.0 Å². The number of hydrogen-bond acceptors (Lipinski definition) is 4. The summed E-state index contributed by atoms with van der Waals surface area (Å²) in [6, 6.07) is 16.2. The largest absolute Gasteiger partial charge is 0.481 e. The van der Waals surface area contributed by atoms with Gasteiger partial charge in [-0.1, -0.05) is 42.5 Å². The molecule has 0 spiro atoms. The van der Waals surface area contributed by atoms with E-state index >= 15 is 0 Å². The lowest BCUT2D eigenvalue weighted by Gasteiger charge is -2.16. The molecule has 24 heavy (non-hydrogen) atoms. The Hall–Kier alpha value is -2.73. The molecule has 0 saturated carbocycles. The Bertz CT molecular complexity index is 748. The molecule has 1 fully saturated rings. The quantitative estimate of drug-likeness (QED) is 0.674. The number of rotatable bonds is 5. The molecule has 1 aliphatic heterocycles. The Morgan fingerprint density at radius 2 is 1.92 bits per heavy atom. The third kappa shape index (κ3) is 3.44. The number of nitrogens with zero attached hydrogens (tertiary/aromatic N) is 2. The summed E-state index contributed by atoms with van der Waals surface area (Å²) in [7, 11) is 0. The zero-order valence-corrected chi connectivity index (χ0v) is 13.0. The van der Waals surface area contributed by atoms with Gasteiger partial charge in [0.2, 0.25) is 0 Å². The molecule has 6 heteroatoms. The highest BCUT2D eigenvalue weighted by molar-refractivity contribution is 5.72. The predicted octanol–water partition coefficient (Wildman–Crippen LogP) is 2.90. The van der Waals surface area contributed by atoms with Crippen molar-refractivity contribution in [3.05, 3.63) is 75.8 Å². The summed E-state index contributed by atoms with van der Waals surface area (Å²) in [5.74, 6) is -1.66. The van der Waals surface area contributed by atoms with Crippen molar-refractivity contribution >= 4 is 11.7 Å². The summed E-state index contributed by atoms with van der Waals surface area (Å²) < 4.78 is 0. The first-order valence-corrected chi connectivity index (χ1v) is 7.78. The molecule has 0 radical (unpaired) electrons. The van der Waals surface area contributed by atoms with E-state index in [9.17, 15) is 20.0 Å². The Balaban J connectivity index is 1.82. The van der Waals surface area contributed by atoms with Crippen molar-refractivity contribution in [3.63, 3.8) is 0 Å². The molecule has 1 heterocycles. The summed E-state index contributed by atoms with van der Waals surface area (Å²) >= 11 is 0. The maximum absolute atomic E-state index is 11.6. The minimum atomic E-state index is -0.859. The number of likely N-dealkylation sites (tertiary alicyclic amines) is 1. The van der Waals surface area contributed by atoms with E-state index in [4.69, 9.17) is 0 Å². The van der Waals surface area contributed by atoms with Crippen LogP contribution in [0.15, 0.2) is 54.6 Å². The standard InChI is InChI=1S/C18H18N2O4/c21-18(22)17-12-19(10-13-5-2-1-3-6-13)11-16(17)14-7-4-8-15(9-14)20(23)24/h1-9,16-17H,10-12H2,(H,21,22)/t16-,17+/m0/s1. The SMILES string of the molecule is O=C(O)[C@@H]1CN(Cc2ccccc2)C[C@H]1c1cccc([N+](=O)[O-])c1. The summed E-state index contributed by atoms with van der Waals surface area (Å²) in [5, 5.41) is 20.5. The highest BCUT2D eigenvalue weighted by atomic mass is 16.6. The van der Waals surface area contributed by atoms with Crippen molar-refractivity contribution in [3.8, 4) is 0 Å². The molecule has 2 atom stereocenters. The van der Waals surface area contributed by atoms with Crippen molar-refractivity contribution in [2.24, 2.45) is 5.92 Å². The Kier molecular flexibility index (Phi) is 4.57. The molecule has 6 nitrogen and oxygen atoms in total. The van der Waals surface area contributed by atoms with Crippen molar-refractivity contribution in [1.29, 1.82) is 0 Å². The van der Waals surface area contributed by atoms with E-state index in [1.54, 1.807) is 12.1 Å². The minimum absolute atomic E-state index is 0.00171. The second-order valence-electron chi connectivity index (χ2n) is 6.08. The molecule has 1 aliphatic rings. The average Bonchev–Trinajstić information content (AvgIpc) is 3.00. The smallest absolute Gasteiger partial charge is 0.308 e. The number of hydrogen-bond donors (Lipinski definition) is 1. The van der Waals surface area contributed by atoms with Crippen molar-refractivity contribution in [2.75, 3.05) is 13.1 Å². The van der Waals surface area contributed by atoms with E-state index in [0.29, 0.717) is 25.2 Å². The first-order valence-electron chi connectivity index (χ1n) is 7.78. The topological polar surface area (TPSA) is 83.7 Å².